The summed E-state index contributed by atoms with van der Waals surface area (Å²) < 4.78 is 30.1. The van der Waals surface area contributed by atoms with E-state index >= 15 is 0 Å². The maximum Gasteiger partial charge on any atom is 0.271 e. The number of benzene rings is 1. The lowest BCUT2D eigenvalue weighted by molar-refractivity contribution is -0.384. The number of nitrogens with zero attached hydrogens (tertiary/aromatic N) is 2. The number of carbonyl (C=O) groups is 1. The number of thioether (sulfide) groups is 1. The molecule has 11 heteroatoms. The summed E-state index contributed by atoms with van der Waals surface area (Å²) in [6.07, 6.45) is 2.53. The van der Waals surface area contributed by atoms with E-state index in [-0.39, 0.29) is 11.4 Å². The van der Waals surface area contributed by atoms with Crippen LogP contribution in [0, 0.1) is 10.1 Å². The SMILES string of the molecule is CS(=O)(=O)N(CC(=O)NCCSCc1ccco1)c1cccc([N+](=O)[O-])c1. The first-order valence-corrected chi connectivity index (χ1v) is 10.9. The molecule has 0 radical (unpaired) electrons. The second kappa shape index (κ2) is 9.42. The third-order valence-corrected chi connectivity index (χ3v) is 5.53. The van der Waals surface area contributed by atoms with Gasteiger partial charge in [-0.3, -0.25) is 19.2 Å². The Hall–Kier alpha value is -2.53. The number of sulfonamides is 1. The van der Waals surface area contributed by atoms with Gasteiger partial charge in [-0.1, -0.05) is 6.07 Å². The lowest BCUT2D eigenvalue weighted by Gasteiger charge is -2.21. The van der Waals surface area contributed by atoms with E-state index in [4.69, 9.17) is 4.42 Å². The molecular weight excluding hydrogens is 394 g/mol. The van der Waals surface area contributed by atoms with Crippen LogP contribution in [0.1, 0.15) is 5.76 Å². The van der Waals surface area contributed by atoms with Crippen LogP contribution in [0.3, 0.4) is 0 Å². The summed E-state index contributed by atoms with van der Waals surface area (Å²) >= 11 is 1.56. The number of anilines is 1. The van der Waals surface area contributed by atoms with Crippen molar-refractivity contribution in [3.05, 3.63) is 58.5 Å². The molecule has 1 aromatic heterocycles. The Labute approximate surface area is 160 Å². The molecule has 0 unspecified atom stereocenters. The van der Waals surface area contributed by atoms with Crippen LogP contribution in [0.25, 0.3) is 0 Å². The highest BCUT2D eigenvalue weighted by molar-refractivity contribution is 7.98. The van der Waals surface area contributed by atoms with Gasteiger partial charge in [0.2, 0.25) is 15.9 Å². The van der Waals surface area contributed by atoms with Crippen molar-refractivity contribution in [2.24, 2.45) is 0 Å². The molecule has 0 saturated heterocycles. The zero-order valence-corrected chi connectivity index (χ0v) is 16.2. The number of hydrogen-bond acceptors (Lipinski definition) is 7. The molecule has 1 N–H and O–H groups in total. The Balaban J connectivity index is 1.91. The molecule has 0 aliphatic carbocycles. The predicted octanol–water partition coefficient (Wildman–Crippen LogP) is 2.00. The lowest BCUT2D eigenvalue weighted by atomic mass is 10.3. The van der Waals surface area contributed by atoms with Gasteiger partial charge in [0, 0.05) is 24.4 Å². The molecule has 0 aliphatic heterocycles. The molecule has 1 amide bonds. The van der Waals surface area contributed by atoms with E-state index in [9.17, 15) is 23.3 Å². The van der Waals surface area contributed by atoms with Crippen LogP contribution in [0.4, 0.5) is 11.4 Å². The highest BCUT2D eigenvalue weighted by Gasteiger charge is 2.22. The second-order valence-electron chi connectivity index (χ2n) is 5.53. The molecule has 0 atom stereocenters. The summed E-state index contributed by atoms with van der Waals surface area (Å²) in [7, 11) is -3.79. The van der Waals surface area contributed by atoms with Gasteiger partial charge < -0.3 is 9.73 Å². The standard InChI is InChI=1S/C16H19N3O6S2/c1-27(23,24)18(13-4-2-5-14(10-13)19(21)22)11-16(20)17-7-9-26-12-15-6-3-8-25-15/h2-6,8,10H,7,9,11-12H2,1H3,(H,17,20). The van der Waals surface area contributed by atoms with Crippen LogP contribution >= 0.6 is 11.8 Å². The van der Waals surface area contributed by atoms with E-state index in [2.05, 4.69) is 5.32 Å². The molecule has 0 fully saturated rings. The topological polar surface area (TPSA) is 123 Å². The Kier molecular flexibility index (Phi) is 7.25. The molecule has 27 heavy (non-hydrogen) atoms. The molecule has 0 spiro atoms. The van der Waals surface area contributed by atoms with Crippen LogP contribution in [-0.4, -0.2) is 44.3 Å². The van der Waals surface area contributed by atoms with E-state index in [1.165, 1.54) is 18.2 Å². The fourth-order valence-electron chi connectivity index (χ4n) is 2.18. The van der Waals surface area contributed by atoms with E-state index in [0.29, 0.717) is 18.1 Å². The van der Waals surface area contributed by atoms with Crippen molar-refractivity contribution in [3.8, 4) is 0 Å². The maximum absolute atomic E-state index is 12.1. The van der Waals surface area contributed by atoms with Crippen molar-refractivity contribution < 1.29 is 22.6 Å². The average Bonchev–Trinajstić information content (AvgIpc) is 3.12. The Morgan fingerprint density at radius 3 is 2.74 bits per heavy atom. The summed E-state index contributed by atoms with van der Waals surface area (Å²) in [5, 5.41) is 13.5. The van der Waals surface area contributed by atoms with Gasteiger partial charge in [-0.15, -0.1) is 0 Å². The van der Waals surface area contributed by atoms with Gasteiger partial charge in [-0.2, -0.15) is 11.8 Å². The number of nitro groups is 1. The number of nitro benzene ring substituents is 1. The third kappa shape index (κ3) is 6.61. The Bertz CT molecular complexity index is 883. The van der Waals surface area contributed by atoms with E-state index in [1.807, 2.05) is 6.07 Å². The largest absolute Gasteiger partial charge is 0.468 e. The number of hydrogen-bond donors (Lipinski definition) is 1. The molecule has 0 bridgehead atoms. The zero-order valence-electron chi connectivity index (χ0n) is 14.5. The minimum Gasteiger partial charge on any atom is -0.468 e. The van der Waals surface area contributed by atoms with Gasteiger partial charge in [0.1, 0.15) is 12.3 Å². The van der Waals surface area contributed by atoms with Crippen LogP contribution in [0.5, 0.6) is 0 Å². The molecule has 2 rings (SSSR count). The van der Waals surface area contributed by atoms with Gasteiger partial charge in [0.25, 0.3) is 5.69 Å². The fraction of sp³-hybridized carbons (Fsp3) is 0.312. The average molecular weight is 413 g/mol. The number of amides is 1. The van der Waals surface area contributed by atoms with Crippen LogP contribution in [-0.2, 0) is 20.6 Å². The number of rotatable bonds is 10. The lowest BCUT2D eigenvalue weighted by Crippen LogP contribution is -2.41. The minimum atomic E-state index is -3.79. The number of furan rings is 1. The molecule has 1 heterocycles. The number of non-ortho nitro benzene ring substituents is 1. The van der Waals surface area contributed by atoms with Gasteiger partial charge >= 0.3 is 0 Å². The predicted molar refractivity (Wildman–Crippen MR) is 103 cm³/mol. The molecule has 1 aromatic carbocycles. The van der Waals surface area contributed by atoms with Crippen LogP contribution in [0.2, 0.25) is 0 Å². The van der Waals surface area contributed by atoms with Gasteiger partial charge in [0.05, 0.1) is 28.9 Å². The zero-order chi connectivity index (χ0) is 19.9. The van der Waals surface area contributed by atoms with Crippen molar-refractivity contribution in [1.82, 2.24) is 5.32 Å². The first-order valence-electron chi connectivity index (χ1n) is 7.86. The molecule has 146 valence electrons. The van der Waals surface area contributed by atoms with Crippen molar-refractivity contribution in [2.45, 2.75) is 5.75 Å². The number of nitrogens with one attached hydrogen (secondary N) is 1. The van der Waals surface area contributed by atoms with Crippen molar-refractivity contribution in [1.29, 1.82) is 0 Å². The smallest absolute Gasteiger partial charge is 0.271 e. The van der Waals surface area contributed by atoms with Gasteiger partial charge in [0.15, 0.2) is 0 Å². The molecule has 0 saturated carbocycles. The first-order chi connectivity index (χ1) is 12.8. The highest BCUT2D eigenvalue weighted by Crippen LogP contribution is 2.22. The summed E-state index contributed by atoms with van der Waals surface area (Å²) in [5.41, 5.74) is -0.190. The number of carbonyl (C=O) groups excluding carboxylic acids is 1. The molecule has 0 aliphatic rings. The van der Waals surface area contributed by atoms with E-state index in [1.54, 1.807) is 24.1 Å². The summed E-state index contributed by atoms with van der Waals surface area (Å²) in [5.74, 6) is 1.64. The van der Waals surface area contributed by atoms with E-state index in [0.717, 1.165) is 22.4 Å². The van der Waals surface area contributed by atoms with Gasteiger partial charge in [-0.25, -0.2) is 8.42 Å². The monoisotopic (exact) mass is 413 g/mol. The summed E-state index contributed by atoms with van der Waals surface area (Å²) in [4.78, 5) is 22.4. The second-order valence-corrected chi connectivity index (χ2v) is 8.54. The van der Waals surface area contributed by atoms with Crippen molar-refractivity contribution >= 4 is 39.1 Å². The molecule has 9 nitrogen and oxygen atoms in total. The van der Waals surface area contributed by atoms with Crippen LogP contribution < -0.4 is 9.62 Å². The highest BCUT2D eigenvalue weighted by atomic mass is 32.2. The summed E-state index contributed by atoms with van der Waals surface area (Å²) in [6.45, 7) is -0.0976. The molecule has 2 aromatic rings. The Morgan fingerprint density at radius 1 is 1.33 bits per heavy atom. The minimum absolute atomic E-state index is 0.0639. The first kappa shape index (κ1) is 20.8. The van der Waals surface area contributed by atoms with Crippen molar-refractivity contribution in [2.75, 3.05) is 29.4 Å². The van der Waals surface area contributed by atoms with Gasteiger partial charge in [-0.05, 0) is 18.2 Å². The van der Waals surface area contributed by atoms with Crippen LogP contribution in [0.15, 0.2) is 47.1 Å². The summed E-state index contributed by atoms with van der Waals surface area (Å²) in [6, 6.07) is 8.79. The van der Waals surface area contributed by atoms with Crippen molar-refractivity contribution in [3.63, 3.8) is 0 Å². The third-order valence-electron chi connectivity index (χ3n) is 3.41. The molecular formula is C16H19N3O6S2. The Morgan fingerprint density at radius 2 is 2.11 bits per heavy atom. The van der Waals surface area contributed by atoms with E-state index < -0.39 is 27.4 Å². The normalized spacial score (nSPS) is 11.1. The maximum atomic E-state index is 12.1. The quantitative estimate of drug-likeness (QED) is 0.359. The fourth-order valence-corrected chi connectivity index (χ4v) is 3.78.